The Morgan fingerprint density at radius 1 is 1.37 bits per heavy atom. The number of aromatic nitrogens is 3. The SMILES string of the molecule is Cc1cc(-n2cc(C(=O)O)nn2)c([N+](=O)[O-])cc1C. The summed E-state index contributed by atoms with van der Waals surface area (Å²) in [6.45, 7) is 3.56. The molecule has 0 aliphatic heterocycles. The number of carbonyl (C=O) groups is 1. The molecule has 0 saturated carbocycles. The van der Waals surface area contributed by atoms with Crippen molar-refractivity contribution in [1.29, 1.82) is 0 Å². The van der Waals surface area contributed by atoms with Gasteiger partial charge in [-0.3, -0.25) is 10.1 Å². The quantitative estimate of drug-likeness (QED) is 0.662. The van der Waals surface area contributed by atoms with Gasteiger partial charge in [0.05, 0.1) is 11.1 Å². The molecular weight excluding hydrogens is 252 g/mol. The van der Waals surface area contributed by atoms with E-state index in [-0.39, 0.29) is 17.1 Å². The van der Waals surface area contributed by atoms with Crippen molar-refractivity contribution >= 4 is 11.7 Å². The van der Waals surface area contributed by atoms with Crippen LogP contribution in [0.25, 0.3) is 5.69 Å². The molecule has 0 bridgehead atoms. The summed E-state index contributed by atoms with van der Waals surface area (Å²) in [4.78, 5) is 21.2. The minimum absolute atomic E-state index is 0.148. The van der Waals surface area contributed by atoms with Crippen molar-refractivity contribution in [3.05, 3.63) is 45.3 Å². The minimum atomic E-state index is -1.24. The van der Waals surface area contributed by atoms with Gasteiger partial charge in [0.1, 0.15) is 5.69 Å². The van der Waals surface area contributed by atoms with Crippen molar-refractivity contribution in [2.75, 3.05) is 0 Å². The van der Waals surface area contributed by atoms with Gasteiger partial charge in [0.2, 0.25) is 0 Å². The molecule has 2 aromatic rings. The number of carboxylic acid groups (broad SMARTS) is 1. The highest BCUT2D eigenvalue weighted by atomic mass is 16.6. The smallest absolute Gasteiger partial charge is 0.358 e. The second-order valence-corrected chi connectivity index (χ2v) is 4.04. The maximum Gasteiger partial charge on any atom is 0.358 e. The zero-order valence-corrected chi connectivity index (χ0v) is 10.2. The Morgan fingerprint density at radius 3 is 2.53 bits per heavy atom. The molecule has 0 radical (unpaired) electrons. The van der Waals surface area contributed by atoms with Crippen LogP contribution in [0.2, 0.25) is 0 Å². The highest BCUT2D eigenvalue weighted by Gasteiger charge is 2.19. The second-order valence-electron chi connectivity index (χ2n) is 4.04. The lowest BCUT2D eigenvalue weighted by molar-refractivity contribution is -0.384. The zero-order valence-electron chi connectivity index (χ0n) is 10.2. The normalized spacial score (nSPS) is 10.4. The maximum absolute atomic E-state index is 11.0. The largest absolute Gasteiger partial charge is 0.476 e. The molecule has 98 valence electrons. The molecule has 0 saturated heterocycles. The van der Waals surface area contributed by atoms with Gasteiger partial charge in [0, 0.05) is 6.07 Å². The number of nitro groups is 1. The Labute approximate surface area is 107 Å². The molecule has 0 unspecified atom stereocenters. The maximum atomic E-state index is 11.0. The minimum Gasteiger partial charge on any atom is -0.476 e. The number of nitrogens with zero attached hydrogens (tertiary/aromatic N) is 4. The third kappa shape index (κ3) is 2.28. The summed E-state index contributed by atoms with van der Waals surface area (Å²) in [6, 6.07) is 3.00. The highest BCUT2D eigenvalue weighted by molar-refractivity contribution is 5.84. The topological polar surface area (TPSA) is 111 Å². The number of benzene rings is 1. The standard InChI is InChI=1S/C11H10N4O4/c1-6-3-9(10(15(18)19)4-7(6)2)14-5-8(11(16)17)12-13-14/h3-5H,1-2H3,(H,16,17). The van der Waals surface area contributed by atoms with Crippen molar-refractivity contribution in [3.63, 3.8) is 0 Å². The lowest BCUT2D eigenvalue weighted by atomic mass is 10.1. The fraction of sp³-hybridized carbons (Fsp3) is 0.182. The molecule has 8 nitrogen and oxygen atoms in total. The van der Waals surface area contributed by atoms with Crippen LogP contribution in [0.3, 0.4) is 0 Å². The Morgan fingerprint density at radius 2 is 2.00 bits per heavy atom. The van der Waals surface area contributed by atoms with Crippen LogP contribution in [0.1, 0.15) is 21.6 Å². The highest BCUT2D eigenvalue weighted by Crippen LogP contribution is 2.26. The molecular formula is C11H10N4O4. The molecule has 0 aliphatic carbocycles. The number of hydrogen-bond donors (Lipinski definition) is 1. The van der Waals surface area contributed by atoms with Gasteiger partial charge in [0.15, 0.2) is 5.69 Å². The van der Waals surface area contributed by atoms with Crippen LogP contribution >= 0.6 is 0 Å². The predicted molar refractivity (Wildman–Crippen MR) is 64.4 cm³/mol. The Kier molecular flexibility index (Phi) is 2.99. The number of rotatable bonds is 3. The average molecular weight is 262 g/mol. The van der Waals surface area contributed by atoms with Crippen LogP contribution in [0.15, 0.2) is 18.3 Å². The van der Waals surface area contributed by atoms with E-state index >= 15 is 0 Å². The summed E-state index contributed by atoms with van der Waals surface area (Å²) in [5.74, 6) is -1.24. The van der Waals surface area contributed by atoms with Crippen molar-refractivity contribution < 1.29 is 14.8 Å². The Bertz CT molecular complexity index is 677. The molecule has 1 aromatic carbocycles. The van der Waals surface area contributed by atoms with Crippen LogP contribution in [-0.2, 0) is 0 Å². The summed E-state index contributed by atoms with van der Waals surface area (Å²) in [5.41, 5.74) is 1.38. The molecule has 19 heavy (non-hydrogen) atoms. The van der Waals surface area contributed by atoms with E-state index in [1.165, 1.54) is 6.07 Å². The third-order valence-electron chi connectivity index (χ3n) is 2.75. The molecule has 1 heterocycles. The van der Waals surface area contributed by atoms with Crippen LogP contribution in [-0.4, -0.2) is 31.0 Å². The lowest BCUT2D eigenvalue weighted by Gasteiger charge is -2.05. The Balaban J connectivity index is 2.62. The van der Waals surface area contributed by atoms with Gasteiger partial charge in [-0.15, -0.1) is 5.10 Å². The third-order valence-corrected chi connectivity index (χ3v) is 2.75. The first kappa shape index (κ1) is 12.7. The van der Waals surface area contributed by atoms with E-state index in [2.05, 4.69) is 10.3 Å². The lowest BCUT2D eigenvalue weighted by Crippen LogP contribution is -2.02. The molecule has 0 fully saturated rings. The fourth-order valence-electron chi connectivity index (χ4n) is 1.59. The summed E-state index contributed by atoms with van der Waals surface area (Å²) in [6.07, 6.45) is 1.14. The van der Waals surface area contributed by atoms with Gasteiger partial charge < -0.3 is 5.11 Å². The van der Waals surface area contributed by atoms with Crippen LogP contribution in [0.5, 0.6) is 0 Å². The molecule has 0 atom stereocenters. The van der Waals surface area contributed by atoms with Crippen LogP contribution in [0.4, 0.5) is 5.69 Å². The fourth-order valence-corrected chi connectivity index (χ4v) is 1.59. The van der Waals surface area contributed by atoms with Crippen LogP contribution < -0.4 is 0 Å². The van der Waals surface area contributed by atoms with Crippen LogP contribution in [0, 0.1) is 24.0 Å². The summed E-state index contributed by atoms with van der Waals surface area (Å²) in [7, 11) is 0. The van der Waals surface area contributed by atoms with E-state index in [1.54, 1.807) is 19.9 Å². The first-order chi connectivity index (χ1) is 8.90. The first-order valence-electron chi connectivity index (χ1n) is 5.32. The zero-order chi connectivity index (χ0) is 14.2. The van der Waals surface area contributed by atoms with E-state index < -0.39 is 10.9 Å². The molecule has 0 aliphatic rings. The number of carboxylic acids is 1. The summed E-state index contributed by atoms with van der Waals surface area (Å²) < 4.78 is 1.09. The molecule has 0 amide bonds. The van der Waals surface area contributed by atoms with E-state index in [0.717, 1.165) is 22.0 Å². The first-order valence-corrected chi connectivity index (χ1v) is 5.32. The molecule has 8 heteroatoms. The summed E-state index contributed by atoms with van der Waals surface area (Å²) in [5, 5.41) is 26.8. The predicted octanol–water partition coefficient (Wildman–Crippen LogP) is 1.49. The van der Waals surface area contributed by atoms with E-state index in [4.69, 9.17) is 5.11 Å². The van der Waals surface area contributed by atoms with Crippen molar-refractivity contribution in [2.45, 2.75) is 13.8 Å². The van der Waals surface area contributed by atoms with Gasteiger partial charge in [-0.25, -0.2) is 9.48 Å². The van der Waals surface area contributed by atoms with Gasteiger partial charge in [-0.1, -0.05) is 5.21 Å². The molecule has 2 rings (SSSR count). The summed E-state index contributed by atoms with van der Waals surface area (Å²) >= 11 is 0. The molecule has 0 spiro atoms. The van der Waals surface area contributed by atoms with Gasteiger partial charge in [-0.05, 0) is 31.0 Å². The van der Waals surface area contributed by atoms with Gasteiger partial charge in [0.25, 0.3) is 5.69 Å². The molecule has 1 N–H and O–H groups in total. The van der Waals surface area contributed by atoms with E-state index in [0.29, 0.717) is 0 Å². The average Bonchev–Trinajstić information content (AvgIpc) is 2.81. The second kappa shape index (κ2) is 4.48. The number of hydrogen-bond acceptors (Lipinski definition) is 5. The number of nitro benzene ring substituents is 1. The van der Waals surface area contributed by atoms with Gasteiger partial charge >= 0.3 is 5.97 Å². The van der Waals surface area contributed by atoms with Gasteiger partial charge in [-0.2, -0.15) is 0 Å². The number of aromatic carboxylic acids is 1. The number of aryl methyl sites for hydroxylation is 2. The monoisotopic (exact) mass is 262 g/mol. The van der Waals surface area contributed by atoms with E-state index in [1.807, 2.05) is 0 Å². The van der Waals surface area contributed by atoms with Crippen molar-refractivity contribution in [3.8, 4) is 5.69 Å². The van der Waals surface area contributed by atoms with Crippen molar-refractivity contribution in [1.82, 2.24) is 15.0 Å². The van der Waals surface area contributed by atoms with E-state index in [9.17, 15) is 14.9 Å². The van der Waals surface area contributed by atoms with Crippen molar-refractivity contribution in [2.24, 2.45) is 0 Å². The molecule has 1 aromatic heterocycles. The Hall–Kier alpha value is -2.77.